The molecule has 104 valence electrons. The summed E-state index contributed by atoms with van der Waals surface area (Å²) in [6.45, 7) is 2.46. The molecule has 0 aromatic heterocycles. The molecule has 1 N–H and O–H groups in total. The first kappa shape index (κ1) is 14.0. The topological polar surface area (TPSA) is 66.5 Å². The van der Waals surface area contributed by atoms with E-state index in [1.165, 1.54) is 10.4 Å². The first-order valence-corrected chi connectivity index (χ1v) is 7.82. The highest BCUT2D eigenvalue weighted by molar-refractivity contribution is 7.90. The maximum absolute atomic E-state index is 12.3. The highest BCUT2D eigenvalue weighted by Gasteiger charge is 2.29. The molecule has 0 aliphatic carbocycles. The van der Waals surface area contributed by atoms with E-state index in [4.69, 9.17) is 0 Å². The Balaban J connectivity index is 2.18. The number of hydrogen-bond acceptors (Lipinski definition) is 3. The Kier molecular flexibility index (Phi) is 4.21. The molecule has 1 aliphatic rings. The predicted molar refractivity (Wildman–Crippen MR) is 74.4 cm³/mol. The van der Waals surface area contributed by atoms with Crippen molar-refractivity contribution in [1.29, 1.82) is 0 Å². The summed E-state index contributed by atoms with van der Waals surface area (Å²) in [5, 5.41) is 0. The molecule has 1 aromatic rings. The van der Waals surface area contributed by atoms with Gasteiger partial charge in [-0.05, 0) is 31.9 Å². The van der Waals surface area contributed by atoms with Gasteiger partial charge in [-0.25, -0.2) is 0 Å². The minimum Gasteiger partial charge on any atom is -0.298 e. The largest absolute Gasteiger partial charge is 0.301 e. The molecule has 0 spiro atoms. The predicted octanol–water partition coefficient (Wildman–Crippen LogP) is 2.03. The average Bonchev–Trinajstić information content (AvgIpc) is 2.38. The van der Waals surface area contributed by atoms with E-state index in [0.717, 1.165) is 19.3 Å². The van der Waals surface area contributed by atoms with Gasteiger partial charge in [0.15, 0.2) is 0 Å². The smallest absolute Gasteiger partial charge is 0.298 e. The van der Waals surface area contributed by atoms with Crippen molar-refractivity contribution in [3.8, 4) is 0 Å². The van der Waals surface area contributed by atoms with E-state index in [1.807, 2.05) is 6.92 Å². The lowest BCUT2D eigenvalue weighted by Crippen LogP contribution is -2.44. The maximum atomic E-state index is 12.3. The number of nitrogens with zero attached hydrogens (tertiary/aromatic N) is 1. The van der Waals surface area contributed by atoms with Gasteiger partial charge in [0.2, 0.25) is 0 Å². The molecular formula is C13H18N2O3S. The van der Waals surface area contributed by atoms with E-state index in [2.05, 4.69) is 4.72 Å². The third kappa shape index (κ3) is 3.33. The minimum atomic E-state index is -3.54. The molecular weight excluding hydrogens is 264 g/mol. The van der Waals surface area contributed by atoms with Gasteiger partial charge in [-0.15, -0.1) is 0 Å². The summed E-state index contributed by atoms with van der Waals surface area (Å²) in [4.78, 5) is 10.7. The molecule has 0 saturated carbocycles. The zero-order valence-electron chi connectivity index (χ0n) is 10.9. The van der Waals surface area contributed by atoms with Crippen LogP contribution in [0.25, 0.3) is 0 Å². The lowest BCUT2D eigenvalue weighted by atomic mass is 10.1. The van der Waals surface area contributed by atoms with Crippen LogP contribution in [-0.4, -0.2) is 31.6 Å². The zero-order valence-corrected chi connectivity index (χ0v) is 11.7. The van der Waals surface area contributed by atoms with Gasteiger partial charge in [0.1, 0.15) is 6.29 Å². The van der Waals surface area contributed by atoms with Crippen LogP contribution in [-0.2, 0) is 10.2 Å². The van der Waals surface area contributed by atoms with Crippen LogP contribution >= 0.6 is 0 Å². The van der Waals surface area contributed by atoms with Crippen molar-refractivity contribution in [3.63, 3.8) is 0 Å². The Morgan fingerprint density at radius 3 is 2.84 bits per heavy atom. The van der Waals surface area contributed by atoms with E-state index >= 15 is 0 Å². The maximum Gasteiger partial charge on any atom is 0.301 e. The number of hydrogen-bond donors (Lipinski definition) is 1. The molecule has 1 heterocycles. The fourth-order valence-electron chi connectivity index (χ4n) is 2.31. The standard InChI is InChI=1S/C13H18N2O3S/c1-11-5-2-3-8-15(11)19(17,18)14-13-7-4-6-12(9-13)10-16/h4,6-7,9-11,14H,2-3,5,8H2,1H3. The third-order valence-corrected chi connectivity index (χ3v) is 4.97. The van der Waals surface area contributed by atoms with Crippen molar-refractivity contribution in [1.82, 2.24) is 4.31 Å². The van der Waals surface area contributed by atoms with Gasteiger partial charge in [0.25, 0.3) is 0 Å². The molecule has 19 heavy (non-hydrogen) atoms. The van der Waals surface area contributed by atoms with Crippen LogP contribution in [0.4, 0.5) is 5.69 Å². The minimum absolute atomic E-state index is 0.0144. The summed E-state index contributed by atoms with van der Waals surface area (Å²) < 4.78 is 28.6. The highest BCUT2D eigenvalue weighted by atomic mass is 32.2. The van der Waals surface area contributed by atoms with Gasteiger partial charge >= 0.3 is 10.2 Å². The molecule has 5 nitrogen and oxygen atoms in total. The number of piperidine rings is 1. The van der Waals surface area contributed by atoms with Crippen LogP contribution in [0, 0.1) is 0 Å². The number of carbonyl (C=O) groups is 1. The van der Waals surface area contributed by atoms with Gasteiger partial charge < -0.3 is 0 Å². The van der Waals surface area contributed by atoms with Crippen molar-refractivity contribution in [3.05, 3.63) is 29.8 Å². The number of benzene rings is 1. The number of anilines is 1. The SMILES string of the molecule is CC1CCCCN1S(=O)(=O)Nc1cccc(C=O)c1. The third-order valence-electron chi connectivity index (χ3n) is 3.32. The molecule has 6 heteroatoms. The Bertz CT molecular complexity index is 557. The Morgan fingerprint density at radius 2 is 2.16 bits per heavy atom. The summed E-state index contributed by atoms with van der Waals surface area (Å²) in [6, 6.07) is 6.47. The molecule has 1 aromatic carbocycles. The molecule has 0 amide bonds. The molecule has 0 radical (unpaired) electrons. The van der Waals surface area contributed by atoms with E-state index in [1.54, 1.807) is 18.2 Å². The summed E-state index contributed by atoms with van der Waals surface area (Å²) in [6.07, 6.45) is 3.53. The van der Waals surface area contributed by atoms with Crippen LogP contribution in [0.2, 0.25) is 0 Å². The van der Waals surface area contributed by atoms with Gasteiger partial charge in [0, 0.05) is 18.2 Å². The average molecular weight is 282 g/mol. The highest BCUT2D eigenvalue weighted by Crippen LogP contribution is 2.21. The van der Waals surface area contributed by atoms with Crippen LogP contribution in [0.5, 0.6) is 0 Å². The normalized spacial score (nSPS) is 21.0. The first-order chi connectivity index (χ1) is 9.03. The molecule has 2 rings (SSSR count). The van der Waals surface area contributed by atoms with Crippen molar-refractivity contribution >= 4 is 22.2 Å². The second-order valence-electron chi connectivity index (χ2n) is 4.81. The van der Waals surface area contributed by atoms with E-state index in [9.17, 15) is 13.2 Å². The van der Waals surface area contributed by atoms with Crippen LogP contribution in [0.3, 0.4) is 0 Å². The number of aldehydes is 1. The monoisotopic (exact) mass is 282 g/mol. The molecule has 1 unspecified atom stereocenters. The lowest BCUT2D eigenvalue weighted by Gasteiger charge is -2.32. The lowest BCUT2D eigenvalue weighted by molar-refractivity contribution is 0.112. The molecule has 1 aliphatic heterocycles. The zero-order chi connectivity index (χ0) is 13.9. The fourth-order valence-corrected chi connectivity index (χ4v) is 3.80. The molecule has 0 bridgehead atoms. The number of rotatable bonds is 4. The second kappa shape index (κ2) is 5.71. The van der Waals surface area contributed by atoms with Crippen molar-refractivity contribution in [2.75, 3.05) is 11.3 Å². The van der Waals surface area contributed by atoms with Crippen molar-refractivity contribution < 1.29 is 13.2 Å². The second-order valence-corrected chi connectivity index (χ2v) is 6.43. The molecule has 1 atom stereocenters. The van der Waals surface area contributed by atoms with E-state index in [0.29, 0.717) is 24.1 Å². The quantitative estimate of drug-likeness (QED) is 0.859. The van der Waals surface area contributed by atoms with Gasteiger partial charge in [-0.2, -0.15) is 12.7 Å². The number of nitrogens with one attached hydrogen (secondary N) is 1. The Labute approximate surface area is 113 Å². The van der Waals surface area contributed by atoms with Crippen molar-refractivity contribution in [2.24, 2.45) is 0 Å². The summed E-state index contributed by atoms with van der Waals surface area (Å²) >= 11 is 0. The fraction of sp³-hybridized carbons (Fsp3) is 0.462. The van der Waals surface area contributed by atoms with E-state index < -0.39 is 10.2 Å². The van der Waals surface area contributed by atoms with Gasteiger partial charge in [-0.3, -0.25) is 9.52 Å². The first-order valence-electron chi connectivity index (χ1n) is 6.38. The Morgan fingerprint density at radius 1 is 1.37 bits per heavy atom. The van der Waals surface area contributed by atoms with E-state index in [-0.39, 0.29) is 6.04 Å². The summed E-state index contributed by atoms with van der Waals surface area (Å²) in [5.41, 5.74) is 0.870. The summed E-state index contributed by atoms with van der Waals surface area (Å²) in [5.74, 6) is 0. The van der Waals surface area contributed by atoms with Gasteiger partial charge in [0.05, 0.1) is 5.69 Å². The van der Waals surface area contributed by atoms with Gasteiger partial charge in [-0.1, -0.05) is 18.6 Å². The Hall–Kier alpha value is -1.40. The molecule has 1 fully saturated rings. The molecule has 1 saturated heterocycles. The van der Waals surface area contributed by atoms with Crippen LogP contribution in [0.1, 0.15) is 36.5 Å². The number of carbonyl (C=O) groups excluding carboxylic acids is 1. The van der Waals surface area contributed by atoms with Crippen molar-refractivity contribution in [2.45, 2.75) is 32.2 Å². The summed E-state index contributed by atoms with van der Waals surface area (Å²) in [7, 11) is -3.54. The van der Waals surface area contributed by atoms with Crippen LogP contribution in [0.15, 0.2) is 24.3 Å². The van der Waals surface area contributed by atoms with Crippen LogP contribution < -0.4 is 4.72 Å².